The van der Waals surface area contributed by atoms with Crippen molar-refractivity contribution in [1.82, 2.24) is 0 Å². The van der Waals surface area contributed by atoms with Crippen molar-refractivity contribution in [2.75, 3.05) is 7.11 Å². The van der Waals surface area contributed by atoms with Crippen LogP contribution in [0.4, 0.5) is 0 Å². The molecule has 0 aliphatic heterocycles. The Hall–Kier alpha value is 0.0500. The van der Waals surface area contributed by atoms with E-state index >= 15 is 0 Å². The molecule has 4 heteroatoms. The number of halogens is 2. The van der Waals surface area contributed by atoms with Gasteiger partial charge in [-0.25, -0.2) is 4.79 Å². The Balaban J connectivity index is 3.35. The average Bonchev–Trinajstić information content (AvgIpc) is 1.65. The van der Waals surface area contributed by atoms with Gasteiger partial charge in [-0.15, -0.1) is 0 Å². The summed E-state index contributed by atoms with van der Waals surface area (Å²) >= 11 is 9.87. The van der Waals surface area contributed by atoms with Crippen molar-refractivity contribution in [3.63, 3.8) is 0 Å². The molecule has 0 N–H and O–H groups in total. The molecule has 0 aromatic rings. The molecule has 0 aromatic heterocycles. The van der Waals surface area contributed by atoms with E-state index in [1.807, 2.05) is 0 Å². The zero-order valence-electron chi connectivity index (χ0n) is 3.57. The zero-order valence-corrected chi connectivity index (χ0v) is 5.08. The molecule has 0 amide bonds. The van der Waals surface area contributed by atoms with Gasteiger partial charge < -0.3 is 4.74 Å². The number of methoxy groups -OCH3 is 1. The molecule has 0 spiro atoms. The van der Waals surface area contributed by atoms with Crippen molar-refractivity contribution in [1.29, 1.82) is 0 Å². The Morgan fingerprint density at radius 1 is 1.57 bits per heavy atom. The molecule has 0 aliphatic carbocycles. The second kappa shape index (κ2) is 3.10. The van der Waals surface area contributed by atoms with Gasteiger partial charge >= 0.3 is 5.97 Å². The van der Waals surface area contributed by atoms with Crippen molar-refractivity contribution in [3.05, 3.63) is 4.84 Å². The first-order chi connectivity index (χ1) is 3.18. The highest BCUT2D eigenvalue weighted by Gasteiger charge is 2.11. The summed E-state index contributed by atoms with van der Waals surface area (Å²) in [5.74, 6) is -0.705. The first-order valence-electron chi connectivity index (χ1n) is 1.44. The van der Waals surface area contributed by atoms with Crippen LogP contribution in [0, 0.1) is 4.84 Å². The Morgan fingerprint density at radius 2 is 2.00 bits per heavy atom. The van der Waals surface area contributed by atoms with Crippen molar-refractivity contribution in [2.45, 2.75) is 0 Å². The average molecular weight is 142 g/mol. The van der Waals surface area contributed by atoms with Gasteiger partial charge in [0.1, 0.15) is 0 Å². The number of esters is 1. The summed E-state index contributed by atoms with van der Waals surface area (Å²) in [7, 11) is 1.20. The van der Waals surface area contributed by atoms with Crippen LogP contribution in [-0.2, 0) is 9.53 Å². The summed E-state index contributed by atoms with van der Waals surface area (Å²) in [6.45, 7) is 0. The van der Waals surface area contributed by atoms with E-state index in [0.29, 0.717) is 0 Å². The van der Waals surface area contributed by atoms with E-state index in [9.17, 15) is 4.79 Å². The number of hydrogen-bond donors (Lipinski definition) is 0. The third-order valence-corrected chi connectivity index (χ3v) is 0.648. The fourth-order valence-electron chi connectivity index (χ4n) is 0.0772. The first kappa shape index (κ1) is 7.05. The van der Waals surface area contributed by atoms with Crippen LogP contribution in [0.1, 0.15) is 0 Å². The van der Waals surface area contributed by atoms with Gasteiger partial charge in [0.25, 0.3) is 4.84 Å². The van der Waals surface area contributed by atoms with Crippen molar-refractivity contribution >= 4 is 29.2 Å². The van der Waals surface area contributed by atoms with E-state index in [2.05, 4.69) is 4.74 Å². The largest absolute Gasteiger partial charge is 0.467 e. The summed E-state index contributed by atoms with van der Waals surface area (Å²) in [5, 5.41) is 0. The summed E-state index contributed by atoms with van der Waals surface area (Å²) in [6.07, 6.45) is 0. The lowest BCUT2D eigenvalue weighted by atomic mass is 10.8. The van der Waals surface area contributed by atoms with Crippen molar-refractivity contribution < 1.29 is 9.53 Å². The van der Waals surface area contributed by atoms with E-state index in [1.165, 1.54) is 7.11 Å². The standard InChI is InChI=1S/C3H3Cl2O2/c1-7-3(6)2(4)5/h1H3. The normalized spacial score (nSPS) is 9.14. The van der Waals surface area contributed by atoms with E-state index in [0.717, 1.165) is 0 Å². The number of rotatable bonds is 1. The van der Waals surface area contributed by atoms with Gasteiger partial charge in [-0.1, -0.05) is 23.2 Å². The molecule has 2 nitrogen and oxygen atoms in total. The summed E-state index contributed by atoms with van der Waals surface area (Å²) < 4.78 is 4.07. The fourth-order valence-corrected chi connectivity index (χ4v) is 0.231. The van der Waals surface area contributed by atoms with Crippen LogP contribution >= 0.6 is 23.2 Å². The molecular formula is C3H3Cl2O2. The molecule has 0 saturated heterocycles. The first-order valence-corrected chi connectivity index (χ1v) is 2.20. The predicted octanol–water partition coefficient (Wildman–Crippen LogP) is 1.13. The Morgan fingerprint density at radius 3 is 2.00 bits per heavy atom. The van der Waals surface area contributed by atoms with E-state index in [4.69, 9.17) is 23.2 Å². The highest BCUT2D eigenvalue weighted by atomic mass is 35.5. The third-order valence-electron chi connectivity index (χ3n) is 0.340. The maximum Gasteiger partial charge on any atom is 0.346 e. The van der Waals surface area contributed by atoms with E-state index in [1.54, 1.807) is 0 Å². The highest BCUT2D eigenvalue weighted by molar-refractivity contribution is 6.62. The molecule has 0 bridgehead atoms. The Kier molecular flexibility index (Phi) is 3.13. The molecular weight excluding hydrogens is 139 g/mol. The summed E-state index contributed by atoms with van der Waals surface area (Å²) in [5.41, 5.74) is 0. The number of carbonyl (C=O) groups excluding carboxylic acids is 1. The fraction of sp³-hybridized carbons (Fsp3) is 0.333. The third kappa shape index (κ3) is 2.71. The Labute approximate surface area is 51.4 Å². The quantitative estimate of drug-likeness (QED) is 0.513. The molecule has 0 aromatic carbocycles. The summed E-state index contributed by atoms with van der Waals surface area (Å²) in [6, 6.07) is 0. The molecule has 41 valence electrons. The SMILES string of the molecule is COC(=O)[C](Cl)Cl. The van der Waals surface area contributed by atoms with Gasteiger partial charge in [0.2, 0.25) is 0 Å². The van der Waals surface area contributed by atoms with Gasteiger partial charge in [0.05, 0.1) is 7.11 Å². The minimum atomic E-state index is -0.705. The summed E-state index contributed by atoms with van der Waals surface area (Å²) in [4.78, 5) is 9.62. The molecule has 0 unspecified atom stereocenters. The minimum Gasteiger partial charge on any atom is -0.467 e. The topological polar surface area (TPSA) is 26.3 Å². The predicted molar refractivity (Wildman–Crippen MR) is 27.0 cm³/mol. The van der Waals surface area contributed by atoms with Gasteiger partial charge in [0, 0.05) is 0 Å². The van der Waals surface area contributed by atoms with Crippen molar-refractivity contribution in [3.8, 4) is 0 Å². The smallest absolute Gasteiger partial charge is 0.346 e. The highest BCUT2D eigenvalue weighted by Crippen LogP contribution is 2.12. The van der Waals surface area contributed by atoms with Crippen LogP contribution in [0.25, 0.3) is 0 Å². The second-order valence-corrected chi connectivity index (χ2v) is 1.70. The van der Waals surface area contributed by atoms with Crippen LogP contribution in [-0.4, -0.2) is 13.1 Å². The van der Waals surface area contributed by atoms with Crippen LogP contribution in [0.2, 0.25) is 0 Å². The van der Waals surface area contributed by atoms with Gasteiger partial charge in [-0.3, -0.25) is 0 Å². The van der Waals surface area contributed by atoms with Crippen LogP contribution in [0.5, 0.6) is 0 Å². The lowest BCUT2D eigenvalue weighted by Gasteiger charge is -1.92. The second-order valence-electron chi connectivity index (χ2n) is 0.752. The van der Waals surface area contributed by atoms with E-state index in [-0.39, 0.29) is 4.84 Å². The molecule has 0 aliphatic rings. The molecule has 0 rings (SSSR count). The maximum absolute atomic E-state index is 9.99. The number of hydrogen-bond acceptors (Lipinski definition) is 2. The lowest BCUT2D eigenvalue weighted by Crippen LogP contribution is -2.01. The zero-order chi connectivity index (χ0) is 5.86. The lowest BCUT2D eigenvalue weighted by molar-refractivity contribution is -0.136. The molecule has 0 atom stereocenters. The van der Waals surface area contributed by atoms with Crippen LogP contribution in [0.15, 0.2) is 0 Å². The van der Waals surface area contributed by atoms with E-state index < -0.39 is 5.97 Å². The Bertz CT molecular complexity index is 71.3. The van der Waals surface area contributed by atoms with Crippen molar-refractivity contribution in [2.24, 2.45) is 0 Å². The number of ether oxygens (including phenoxy) is 1. The van der Waals surface area contributed by atoms with Gasteiger partial charge in [-0.2, -0.15) is 0 Å². The maximum atomic E-state index is 9.99. The molecule has 0 saturated carbocycles. The molecule has 0 fully saturated rings. The van der Waals surface area contributed by atoms with Gasteiger partial charge in [0.15, 0.2) is 0 Å². The van der Waals surface area contributed by atoms with Gasteiger partial charge in [-0.05, 0) is 0 Å². The van der Waals surface area contributed by atoms with Crippen LogP contribution < -0.4 is 0 Å². The van der Waals surface area contributed by atoms with Crippen LogP contribution in [0.3, 0.4) is 0 Å². The molecule has 0 heterocycles. The minimum absolute atomic E-state index is 0.373. The molecule has 7 heavy (non-hydrogen) atoms. The monoisotopic (exact) mass is 141 g/mol. The number of carbonyl (C=O) groups is 1. The molecule has 1 radical (unpaired) electrons.